The number of thiocarbonyl (C=S) groups is 1. The van der Waals surface area contributed by atoms with Crippen molar-refractivity contribution in [1.82, 2.24) is 4.90 Å². The minimum Gasteiger partial charge on any atom is -0.289 e. The van der Waals surface area contributed by atoms with E-state index in [0.29, 0.717) is 15.8 Å². The molecule has 1 amide bonds. The van der Waals surface area contributed by atoms with Crippen molar-refractivity contribution >= 4 is 62.9 Å². The Hall–Kier alpha value is -0.660. The van der Waals surface area contributed by atoms with E-state index in [4.69, 9.17) is 12.2 Å². The molecule has 2 rings (SSSR count). The van der Waals surface area contributed by atoms with Crippen molar-refractivity contribution in [2.45, 2.75) is 0 Å². The highest BCUT2D eigenvalue weighted by Crippen LogP contribution is 2.32. The predicted octanol–water partition coefficient (Wildman–Crippen LogP) is 3.68. The summed E-state index contributed by atoms with van der Waals surface area (Å²) in [4.78, 5) is 14.3. The van der Waals surface area contributed by atoms with E-state index >= 15 is 0 Å². The Morgan fingerprint density at radius 1 is 1.39 bits per heavy atom. The minimum atomic E-state index is -0.0385. The third-order valence-corrected chi connectivity index (χ3v) is 4.45. The quantitative estimate of drug-likeness (QED) is 0.342. The summed E-state index contributed by atoms with van der Waals surface area (Å²) in [6.07, 6.45) is 3.55. The lowest BCUT2D eigenvalue weighted by molar-refractivity contribution is -0.121. The highest BCUT2D eigenvalue weighted by molar-refractivity contribution is 14.1. The van der Waals surface area contributed by atoms with Crippen molar-refractivity contribution in [2.75, 3.05) is 6.54 Å². The summed E-state index contributed by atoms with van der Waals surface area (Å²) in [6.45, 7) is 4.10. The molecule has 0 bridgehead atoms. The van der Waals surface area contributed by atoms with Gasteiger partial charge in [0.15, 0.2) is 0 Å². The molecular formula is C13H10INOS2. The molecular weight excluding hydrogens is 377 g/mol. The number of halogens is 1. The van der Waals surface area contributed by atoms with Crippen LogP contribution in [0.4, 0.5) is 0 Å². The van der Waals surface area contributed by atoms with Gasteiger partial charge in [-0.1, -0.05) is 42.2 Å². The molecule has 0 aliphatic carbocycles. The molecule has 0 aromatic heterocycles. The van der Waals surface area contributed by atoms with Crippen molar-refractivity contribution in [1.29, 1.82) is 0 Å². The normalized spacial score (nSPS) is 17.6. The first-order chi connectivity index (χ1) is 8.61. The van der Waals surface area contributed by atoms with Crippen LogP contribution < -0.4 is 0 Å². The van der Waals surface area contributed by atoms with E-state index in [1.165, 1.54) is 15.3 Å². The van der Waals surface area contributed by atoms with E-state index < -0.39 is 0 Å². The van der Waals surface area contributed by atoms with Crippen LogP contribution in [0.5, 0.6) is 0 Å². The van der Waals surface area contributed by atoms with Gasteiger partial charge < -0.3 is 0 Å². The molecule has 0 saturated carbocycles. The van der Waals surface area contributed by atoms with E-state index in [-0.39, 0.29) is 5.91 Å². The summed E-state index contributed by atoms with van der Waals surface area (Å²) in [6, 6.07) is 8.00. The van der Waals surface area contributed by atoms with E-state index in [1.54, 1.807) is 11.0 Å². The molecule has 0 atom stereocenters. The molecule has 92 valence electrons. The summed E-state index contributed by atoms with van der Waals surface area (Å²) in [5.41, 5.74) is 1.01. The van der Waals surface area contributed by atoms with E-state index in [9.17, 15) is 4.79 Å². The predicted molar refractivity (Wildman–Crippen MR) is 89.2 cm³/mol. The number of carbonyl (C=O) groups is 1. The SMILES string of the molecule is C=CCN1C(=O)C(=Cc2ccc(I)cc2)SC1=S. The second-order valence-corrected chi connectivity index (χ2v) is 6.55. The molecule has 1 aliphatic heterocycles. The van der Waals surface area contributed by atoms with Gasteiger partial charge in [-0.15, -0.1) is 6.58 Å². The second kappa shape index (κ2) is 5.99. The Kier molecular flexibility index (Phi) is 4.58. The lowest BCUT2D eigenvalue weighted by atomic mass is 10.2. The number of thioether (sulfide) groups is 1. The van der Waals surface area contributed by atoms with Gasteiger partial charge >= 0.3 is 0 Å². The van der Waals surface area contributed by atoms with Crippen LogP contribution in [0.1, 0.15) is 5.56 Å². The fourth-order valence-corrected chi connectivity index (χ4v) is 3.13. The van der Waals surface area contributed by atoms with Crippen LogP contribution >= 0.6 is 46.6 Å². The Balaban J connectivity index is 2.24. The Labute approximate surface area is 129 Å². The number of hydrogen-bond acceptors (Lipinski definition) is 3. The minimum absolute atomic E-state index is 0.0385. The van der Waals surface area contributed by atoms with Crippen molar-refractivity contribution in [3.63, 3.8) is 0 Å². The largest absolute Gasteiger partial charge is 0.289 e. The first-order valence-electron chi connectivity index (χ1n) is 5.23. The third kappa shape index (κ3) is 3.02. The topological polar surface area (TPSA) is 20.3 Å². The summed E-state index contributed by atoms with van der Waals surface area (Å²) in [7, 11) is 0. The van der Waals surface area contributed by atoms with E-state index in [2.05, 4.69) is 29.2 Å². The number of rotatable bonds is 3. The molecule has 1 heterocycles. The van der Waals surface area contributed by atoms with Gasteiger partial charge in [-0.25, -0.2) is 0 Å². The van der Waals surface area contributed by atoms with Gasteiger partial charge in [0.2, 0.25) is 0 Å². The Morgan fingerprint density at radius 3 is 2.67 bits per heavy atom. The summed E-state index contributed by atoms with van der Waals surface area (Å²) < 4.78 is 1.76. The molecule has 1 fully saturated rings. The molecule has 0 N–H and O–H groups in total. The molecule has 1 aromatic rings. The molecule has 1 saturated heterocycles. The lowest BCUT2D eigenvalue weighted by Crippen LogP contribution is -2.27. The third-order valence-electron chi connectivity index (χ3n) is 2.35. The molecule has 0 unspecified atom stereocenters. The second-order valence-electron chi connectivity index (χ2n) is 3.63. The summed E-state index contributed by atoms with van der Waals surface area (Å²) in [5.74, 6) is -0.0385. The van der Waals surface area contributed by atoms with Gasteiger partial charge in [0.05, 0.1) is 4.91 Å². The maximum atomic E-state index is 12.1. The van der Waals surface area contributed by atoms with Crippen LogP contribution in [0.2, 0.25) is 0 Å². The van der Waals surface area contributed by atoms with Gasteiger partial charge in [-0.3, -0.25) is 9.69 Å². The van der Waals surface area contributed by atoms with Gasteiger partial charge in [-0.2, -0.15) is 0 Å². The first kappa shape index (κ1) is 13.8. The number of benzene rings is 1. The zero-order valence-corrected chi connectivity index (χ0v) is 13.2. The van der Waals surface area contributed by atoms with Crippen molar-refractivity contribution in [3.05, 3.63) is 51.0 Å². The average Bonchev–Trinajstić information content (AvgIpc) is 2.60. The number of nitrogens with zero attached hydrogens (tertiary/aromatic N) is 1. The molecule has 18 heavy (non-hydrogen) atoms. The molecule has 2 nitrogen and oxygen atoms in total. The zero-order chi connectivity index (χ0) is 13.1. The first-order valence-corrected chi connectivity index (χ1v) is 7.54. The molecule has 0 spiro atoms. The van der Waals surface area contributed by atoms with Crippen LogP contribution in [0.15, 0.2) is 41.8 Å². The summed E-state index contributed by atoms with van der Waals surface area (Å²) >= 11 is 8.77. The zero-order valence-electron chi connectivity index (χ0n) is 9.43. The highest BCUT2D eigenvalue weighted by Gasteiger charge is 2.30. The van der Waals surface area contributed by atoms with E-state index in [1.807, 2.05) is 30.3 Å². The van der Waals surface area contributed by atoms with Crippen LogP contribution in [-0.4, -0.2) is 21.7 Å². The lowest BCUT2D eigenvalue weighted by Gasteiger charge is -2.10. The average molecular weight is 387 g/mol. The van der Waals surface area contributed by atoms with Crippen LogP contribution in [-0.2, 0) is 4.79 Å². The van der Waals surface area contributed by atoms with Gasteiger partial charge in [0, 0.05) is 10.1 Å². The van der Waals surface area contributed by atoms with Crippen molar-refractivity contribution < 1.29 is 4.79 Å². The Bertz CT molecular complexity index is 536. The van der Waals surface area contributed by atoms with Gasteiger partial charge in [0.25, 0.3) is 5.91 Å². The standard InChI is InChI=1S/C13H10INOS2/c1-2-7-15-12(16)11(18-13(15)17)8-9-3-5-10(14)6-4-9/h2-6,8H,1,7H2. The smallest absolute Gasteiger partial charge is 0.266 e. The Morgan fingerprint density at radius 2 is 2.06 bits per heavy atom. The maximum absolute atomic E-state index is 12.1. The monoisotopic (exact) mass is 387 g/mol. The number of carbonyl (C=O) groups excluding carboxylic acids is 1. The summed E-state index contributed by atoms with van der Waals surface area (Å²) in [5, 5.41) is 0. The number of amides is 1. The van der Waals surface area contributed by atoms with Crippen LogP contribution in [0.3, 0.4) is 0 Å². The van der Waals surface area contributed by atoms with Gasteiger partial charge in [0.1, 0.15) is 4.32 Å². The van der Waals surface area contributed by atoms with Crippen LogP contribution in [0.25, 0.3) is 6.08 Å². The molecule has 5 heteroatoms. The van der Waals surface area contributed by atoms with Crippen molar-refractivity contribution in [2.24, 2.45) is 0 Å². The fraction of sp³-hybridized carbons (Fsp3) is 0.0769. The maximum Gasteiger partial charge on any atom is 0.266 e. The molecule has 0 radical (unpaired) electrons. The van der Waals surface area contributed by atoms with Crippen molar-refractivity contribution in [3.8, 4) is 0 Å². The molecule has 1 aliphatic rings. The molecule has 1 aromatic carbocycles. The van der Waals surface area contributed by atoms with Crippen LogP contribution in [0, 0.1) is 3.57 Å². The van der Waals surface area contributed by atoms with E-state index in [0.717, 1.165) is 5.56 Å². The van der Waals surface area contributed by atoms with Gasteiger partial charge in [-0.05, 0) is 46.4 Å². The highest BCUT2D eigenvalue weighted by atomic mass is 127. The number of hydrogen-bond donors (Lipinski definition) is 0. The fourth-order valence-electron chi connectivity index (χ4n) is 1.50.